The molecule has 0 aromatic carbocycles. The molecule has 2 heterocycles. The summed E-state index contributed by atoms with van der Waals surface area (Å²) in [7, 11) is 1.83. The third-order valence-corrected chi connectivity index (χ3v) is 3.24. The number of amides is 1. The minimum absolute atomic E-state index is 0.0560. The lowest BCUT2D eigenvalue weighted by molar-refractivity contribution is -0.122. The number of aryl methyl sites for hydroxylation is 1. The van der Waals surface area contributed by atoms with Crippen molar-refractivity contribution in [2.45, 2.75) is 31.7 Å². The molecule has 1 aromatic heterocycles. The van der Waals surface area contributed by atoms with Crippen LogP contribution in [0.5, 0.6) is 0 Å². The van der Waals surface area contributed by atoms with Crippen LogP contribution in [-0.4, -0.2) is 27.8 Å². The summed E-state index contributed by atoms with van der Waals surface area (Å²) in [6.07, 6.45) is 6.26. The van der Waals surface area contributed by atoms with Crippen LogP contribution in [-0.2, 0) is 11.8 Å². The Balaban J connectivity index is 2.07. The molecule has 16 heavy (non-hydrogen) atoms. The largest absolute Gasteiger partial charge is 0.322 e. The molecule has 1 aromatic rings. The maximum Gasteiger partial charge on any atom is 0.244 e. The Morgan fingerprint density at radius 3 is 3.06 bits per heavy atom. The van der Waals surface area contributed by atoms with E-state index in [9.17, 15) is 4.79 Å². The van der Waals surface area contributed by atoms with Crippen LogP contribution < -0.4 is 10.6 Å². The summed E-state index contributed by atoms with van der Waals surface area (Å²) in [6.45, 7) is 2.97. The predicted octanol–water partition coefficient (Wildman–Crippen LogP) is 0.891. The highest BCUT2D eigenvalue weighted by Crippen LogP contribution is 2.24. The van der Waals surface area contributed by atoms with E-state index in [2.05, 4.69) is 15.7 Å². The fourth-order valence-corrected chi connectivity index (χ4v) is 2.20. The van der Waals surface area contributed by atoms with E-state index >= 15 is 0 Å². The summed E-state index contributed by atoms with van der Waals surface area (Å²) in [4.78, 5) is 12.2. The molecular weight excluding hydrogens is 204 g/mol. The second kappa shape index (κ2) is 4.25. The number of nitrogens with one attached hydrogen (secondary N) is 2. The van der Waals surface area contributed by atoms with Crippen LogP contribution in [0.2, 0.25) is 0 Å². The normalized spacial score (nSPS) is 24.6. The third kappa shape index (κ3) is 1.95. The van der Waals surface area contributed by atoms with Gasteiger partial charge in [-0.15, -0.1) is 0 Å². The second-order valence-corrected chi connectivity index (χ2v) is 4.32. The Kier molecular flexibility index (Phi) is 2.96. The number of carbonyl (C=O) groups excluding carboxylic acids is 1. The number of anilines is 1. The summed E-state index contributed by atoms with van der Waals surface area (Å²) in [6, 6.07) is 0. The maximum atomic E-state index is 12.2. The van der Waals surface area contributed by atoms with Crippen molar-refractivity contribution in [3.63, 3.8) is 0 Å². The van der Waals surface area contributed by atoms with Gasteiger partial charge < -0.3 is 10.6 Å². The van der Waals surface area contributed by atoms with Gasteiger partial charge in [-0.25, -0.2) is 0 Å². The summed E-state index contributed by atoms with van der Waals surface area (Å²) < 4.78 is 1.68. The fourth-order valence-electron chi connectivity index (χ4n) is 2.20. The Morgan fingerprint density at radius 2 is 2.56 bits per heavy atom. The first-order chi connectivity index (χ1) is 7.66. The van der Waals surface area contributed by atoms with E-state index in [1.54, 1.807) is 17.1 Å². The Labute approximate surface area is 95.2 Å². The maximum absolute atomic E-state index is 12.2. The van der Waals surface area contributed by atoms with Gasteiger partial charge in [0, 0.05) is 13.2 Å². The van der Waals surface area contributed by atoms with Crippen LogP contribution in [0, 0.1) is 0 Å². The highest BCUT2D eigenvalue weighted by atomic mass is 16.2. The zero-order valence-electron chi connectivity index (χ0n) is 9.79. The minimum atomic E-state index is -0.379. The van der Waals surface area contributed by atoms with E-state index in [4.69, 9.17) is 0 Å². The second-order valence-electron chi connectivity index (χ2n) is 4.32. The molecule has 0 spiro atoms. The number of hydrogen-bond donors (Lipinski definition) is 2. The minimum Gasteiger partial charge on any atom is -0.322 e. The molecular formula is C11H18N4O. The molecule has 88 valence electrons. The molecule has 0 radical (unpaired) electrons. The van der Waals surface area contributed by atoms with Gasteiger partial charge in [0.25, 0.3) is 0 Å². The average Bonchev–Trinajstić information content (AvgIpc) is 2.88. The summed E-state index contributed by atoms with van der Waals surface area (Å²) in [5.41, 5.74) is 0.379. The molecule has 5 nitrogen and oxygen atoms in total. The van der Waals surface area contributed by atoms with Crippen molar-refractivity contribution in [2.24, 2.45) is 7.05 Å². The van der Waals surface area contributed by atoms with Crippen LogP contribution in [0.1, 0.15) is 26.2 Å². The number of rotatable bonds is 3. The van der Waals surface area contributed by atoms with Gasteiger partial charge in [-0.1, -0.05) is 6.92 Å². The lowest BCUT2D eigenvalue weighted by Crippen LogP contribution is -2.50. The van der Waals surface area contributed by atoms with E-state index in [-0.39, 0.29) is 11.4 Å². The van der Waals surface area contributed by atoms with E-state index in [1.807, 2.05) is 14.0 Å². The Hall–Kier alpha value is -1.36. The number of carbonyl (C=O) groups is 1. The molecule has 1 aliphatic rings. The molecule has 1 saturated heterocycles. The van der Waals surface area contributed by atoms with Gasteiger partial charge in [0.2, 0.25) is 5.91 Å². The monoisotopic (exact) mass is 222 g/mol. The zero-order chi connectivity index (χ0) is 11.6. The molecule has 2 rings (SSSR count). The summed E-state index contributed by atoms with van der Waals surface area (Å²) >= 11 is 0. The van der Waals surface area contributed by atoms with Crippen LogP contribution in [0.4, 0.5) is 5.69 Å². The highest BCUT2D eigenvalue weighted by Gasteiger charge is 2.39. The van der Waals surface area contributed by atoms with Crippen molar-refractivity contribution in [3.05, 3.63) is 12.4 Å². The van der Waals surface area contributed by atoms with Crippen molar-refractivity contribution in [1.82, 2.24) is 15.1 Å². The quantitative estimate of drug-likeness (QED) is 0.798. The van der Waals surface area contributed by atoms with Crippen molar-refractivity contribution in [2.75, 3.05) is 11.9 Å². The molecule has 1 amide bonds. The molecule has 1 atom stereocenters. The SMILES string of the molecule is CCC1(C(=O)Nc2cnn(C)c2)CCCN1. The summed E-state index contributed by atoms with van der Waals surface area (Å²) in [5.74, 6) is 0.0560. The van der Waals surface area contributed by atoms with Crippen molar-refractivity contribution < 1.29 is 4.79 Å². The topological polar surface area (TPSA) is 59.0 Å². The molecule has 1 aliphatic heterocycles. The standard InChI is InChI=1S/C11H18N4O/c1-3-11(5-4-6-12-11)10(16)14-9-7-13-15(2)8-9/h7-8,12H,3-6H2,1-2H3,(H,14,16). The van der Waals surface area contributed by atoms with E-state index in [1.165, 1.54) is 0 Å². The highest BCUT2D eigenvalue weighted by molar-refractivity contribution is 5.98. The number of aromatic nitrogens is 2. The van der Waals surface area contributed by atoms with Crippen molar-refractivity contribution in [1.29, 1.82) is 0 Å². The van der Waals surface area contributed by atoms with Gasteiger partial charge in [-0.05, 0) is 25.8 Å². The fraction of sp³-hybridized carbons (Fsp3) is 0.636. The van der Waals surface area contributed by atoms with Gasteiger partial charge in [0.05, 0.1) is 17.4 Å². The van der Waals surface area contributed by atoms with Crippen molar-refractivity contribution in [3.8, 4) is 0 Å². The van der Waals surface area contributed by atoms with Crippen LogP contribution in [0.25, 0.3) is 0 Å². The molecule has 0 aliphatic carbocycles. The molecule has 2 N–H and O–H groups in total. The Morgan fingerprint density at radius 1 is 1.75 bits per heavy atom. The van der Waals surface area contributed by atoms with Gasteiger partial charge in [0.15, 0.2) is 0 Å². The predicted molar refractivity (Wildman–Crippen MR) is 62.1 cm³/mol. The number of hydrogen-bond acceptors (Lipinski definition) is 3. The summed E-state index contributed by atoms with van der Waals surface area (Å²) in [5, 5.41) is 10.2. The average molecular weight is 222 g/mol. The Bertz CT molecular complexity index is 379. The lowest BCUT2D eigenvalue weighted by Gasteiger charge is -2.26. The van der Waals surface area contributed by atoms with Crippen LogP contribution >= 0.6 is 0 Å². The first kappa shape index (κ1) is 11.1. The molecule has 5 heteroatoms. The van der Waals surface area contributed by atoms with E-state index in [0.29, 0.717) is 0 Å². The van der Waals surface area contributed by atoms with Gasteiger partial charge >= 0.3 is 0 Å². The van der Waals surface area contributed by atoms with Crippen LogP contribution in [0.15, 0.2) is 12.4 Å². The van der Waals surface area contributed by atoms with E-state index < -0.39 is 0 Å². The van der Waals surface area contributed by atoms with Gasteiger partial charge in [0.1, 0.15) is 0 Å². The van der Waals surface area contributed by atoms with E-state index in [0.717, 1.165) is 31.5 Å². The smallest absolute Gasteiger partial charge is 0.244 e. The zero-order valence-corrected chi connectivity index (χ0v) is 9.79. The molecule has 0 bridgehead atoms. The molecule has 1 fully saturated rings. The van der Waals surface area contributed by atoms with Gasteiger partial charge in [-0.3, -0.25) is 9.48 Å². The number of nitrogens with zero attached hydrogens (tertiary/aromatic N) is 2. The first-order valence-electron chi connectivity index (χ1n) is 5.71. The van der Waals surface area contributed by atoms with Crippen molar-refractivity contribution >= 4 is 11.6 Å². The van der Waals surface area contributed by atoms with Crippen LogP contribution in [0.3, 0.4) is 0 Å². The molecule has 1 unspecified atom stereocenters. The third-order valence-electron chi connectivity index (χ3n) is 3.24. The molecule has 0 saturated carbocycles. The first-order valence-corrected chi connectivity index (χ1v) is 5.71. The lowest BCUT2D eigenvalue weighted by atomic mass is 9.93. The van der Waals surface area contributed by atoms with Gasteiger partial charge in [-0.2, -0.15) is 5.10 Å².